The van der Waals surface area contributed by atoms with E-state index in [9.17, 15) is 33.9 Å². The SMILES string of the molecule is O=C(O)CC(O)(CC(=O)OC(=O)c1cc(C(=O)O)ccc1C(=O)O)C(=O)O. The van der Waals surface area contributed by atoms with E-state index in [1.54, 1.807) is 0 Å². The molecule has 0 heterocycles. The van der Waals surface area contributed by atoms with Crippen LogP contribution in [0.3, 0.4) is 0 Å². The van der Waals surface area contributed by atoms with Crippen molar-refractivity contribution in [1.82, 2.24) is 0 Å². The van der Waals surface area contributed by atoms with Crippen LogP contribution in [0.2, 0.25) is 0 Å². The van der Waals surface area contributed by atoms with Crippen LogP contribution in [0.25, 0.3) is 0 Å². The number of aliphatic carboxylic acids is 2. The molecule has 0 aliphatic carbocycles. The third-order valence-electron chi connectivity index (χ3n) is 3.20. The van der Waals surface area contributed by atoms with E-state index >= 15 is 0 Å². The van der Waals surface area contributed by atoms with Crippen LogP contribution in [-0.4, -0.2) is 66.9 Å². The van der Waals surface area contributed by atoms with Gasteiger partial charge in [0.05, 0.1) is 29.5 Å². The standard InChI is InChI=1S/C15H12O12/c16-9(17)4-15(26,14(24)25)5-10(18)27-13(23)8-3-6(11(19)20)1-2-7(8)12(21)22/h1-3,26H,4-5H2,(H,16,17)(H,19,20)(H,21,22)(H,24,25). The summed E-state index contributed by atoms with van der Waals surface area (Å²) < 4.78 is 4.24. The largest absolute Gasteiger partial charge is 0.481 e. The quantitative estimate of drug-likeness (QED) is 0.282. The number of carbonyl (C=O) groups excluding carboxylic acids is 2. The first-order chi connectivity index (χ1) is 12.4. The normalized spacial score (nSPS) is 12.5. The maximum atomic E-state index is 12.0. The van der Waals surface area contributed by atoms with Crippen molar-refractivity contribution >= 4 is 35.8 Å². The van der Waals surface area contributed by atoms with Gasteiger partial charge in [0.15, 0.2) is 5.60 Å². The molecule has 27 heavy (non-hydrogen) atoms. The van der Waals surface area contributed by atoms with Crippen LogP contribution in [0.1, 0.15) is 43.9 Å². The topological polar surface area (TPSA) is 213 Å². The van der Waals surface area contributed by atoms with Crippen molar-refractivity contribution in [2.75, 3.05) is 0 Å². The van der Waals surface area contributed by atoms with Crippen LogP contribution in [-0.2, 0) is 19.1 Å². The average Bonchev–Trinajstić information content (AvgIpc) is 2.52. The molecule has 0 aromatic heterocycles. The minimum Gasteiger partial charge on any atom is -0.481 e. The second-order valence-electron chi connectivity index (χ2n) is 5.22. The van der Waals surface area contributed by atoms with Gasteiger partial charge in [0.1, 0.15) is 0 Å². The van der Waals surface area contributed by atoms with Gasteiger partial charge in [-0.25, -0.2) is 19.2 Å². The molecule has 5 N–H and O–H groups in total. The molecule has 0 amide bonds. The third kappa shape index (κ3) is 5.34. The second-order valence-corrected chi connectivity index (χ2v) is 5.22. The Morgan fingerprint density at radius 3 is 1.89 bits per heavy atom. The maximum absolute atomic E-state index is 12.0. The van der Waals surface area contributed by atoms with E-state index in [2.05, 4.69) is 4.74 Å². The van der Waals surface area contributed by atoms with E-state index in [0.717, 1.165) is 12.1 Å². The number of aromatic carboxylic acids is 2. The predicted molar refractivity (Wildman–Crippen MR) is 80.2 cm³/mol. The van der Waals surface area contributed by atoms with Crippen LogP contribution in [0.15, 0.2) is 18.2 Å². The lowest BCUT2D eigenvalue weighted by atomic mass is 9.96. The lowest BCUT2D eigenvalue weighted by molar-refractivity contribution is -0.170. The fraction of sp³-hybridized carbons (Fsp3) is 0.200. The molecule has 1 aromatic carbocycles. The predicted octanol–water partition coefficient (Wildman–Crippen LogP) is -0.553. The van der Waals surface area contributed by atoms with E-state index in [-0.39, 0.29) is 0 Å². The Balaban J connectivity index is 3.10. The van der Waals surface area contributed by atoms with Gasteiger partial charge in [0.2, 0.25) is 0 Å². The van der Waals surface area contributed by atoms with E-state index in [0.29, 0.717) is 6.07 Å². The summed E-state index contributed by atoms with van der Waals surface area (Å²) in [5, 5.41) is 45.0. The summed E-state index contributed by atoms with van der Waals surface area (Å²) in [5.74, 6) is -10.2. The van der Waals surface area contributed by atoms with Crippen molar-refractivity contribution < 1.29 is 59.0 Å². The van der Waals surface area contributed by atoms with Crippen molar-refractivity contribution in [3.63, 3.8) is 0 Å². The molecular formula is C15H12O12. The molecule has 0 aliphatic rings. The number of rotatable bonds is 8. The first-order valence-corrected chi connectivity index (χ1v) is 6.90. The Morgan fingerprint density at radius 2 is 1.44 bits per heavy atom. The Bertz CT molecular complexity index is 839. The number of benzene rings is 1. The van der Waals surface area contributed by atoms with Gasteiger partial charge in [-0.15, -0.1) is 0 Å². The molecule has 144 valence electrons. The number of esters is 2. The molecule has 0 saturated carbocycles. The van der Waals surface area contributed by atoms with Gasteiger partial charge < -0.3 is 30.3 Å². The number of hydrogen-bond acceptors (Lipinski definition) is 8. The maximum Gasteiger partial charge on any atom is 0.346 e. The molecule has 12 heteroatoms. The molecule has 0 fully saturated rings. The molecule has 1 rings (SSSR count). The summed E-state index contributed by atoms with van der Waals surface area (Å²) in [7, 11) is 0. The Kier molecular flexibility index (Phi) is 6.34. The number of carboxylic acid groups (broad SMARTS) is 4. The number of carboxylic acids is 4. The van der Waals surface area contributed by atoms with Crippen molar-refractivity contribution in [3.05, 3.63) is 34.9 Å². The Hall–Kier alpha value is -3.80. The summed E-state index contributed by atoms with van der Waals surface area (Å²) >= 11 is 0. The van der Waals surface area contributed by atoms with Crippen LogP contribution in [0, 0.1) is 0 Å². The Morgan fingerprint density at radius 1 is 0.852 bits per heavy atom. The molecule has 0 bridgehead atoms. The average molecular weight is 384 g/mol. The van der Waals surface area contributed by atoms with E-state index in [1.165, 1.54) is 0 Å². The fourth-order valence-electron chi connectivity index (χ4n) is 1.93. The van der Waals surface area contributed by atoms with Crippen LogP contribution >= 0.6 is 0 Å². The van der Waals surface area contributed by atoms with Gasteiger partial charge in [-0.1, -0.05) is 0 Å². The summed E-state index contributed by atoms with van der Waals surface area (Å²) in [6.45, 7) is 0. The molecule has 1 atom stereocenters. The molecule has 12 nitrogen and oxygen atoms in total. The highest BCUT2D eigenvalue weighted by Gasteiger charge is 2.42. The zero-order valence-corrected chi connectivity index (χ0v) is 13.2. The van der Waals surface area contributed by atoms with Gasteiger partial charge in [-0.3, -0.25) is 9.59 Å². The number of carbonyl (C=O) groups is 6. The molecule has 0 aliphatic heterocycles. The summed E-state index contributed by atoms with van der Waals surface area (Å²) in [4.78, 5) is 67.3. The van der Waals surface area contributed by atoms with Gasteiger partial charge in [-0.05, 0) is 18.2 Å². The van der Waals surface area contributed by atoms with Gasteiger partial charge in [-0.2, -0.15) is 0 Å². The lowest BCUT2D eigenvalue weighted by Crippen LogP contribution is -2.43. The van der Waals surface area contributed by atoms with Gasteiger partial charge in [0, 0.05) is 0 Å². The molecule has 1 aromatic rings. The lowest BCUT2D eigenvalue weighted by Gasteiger charge is -2.19. The summed E-state index contributed by atoms with van der Waals surface area (Å²) in [5.41, 5.74) is -5.07. The van der Waals surface area contributed by atoms with E-state index < -0.39 is 70.9 Å². The number of hydrogen-bond donors (Lipinski definition) is 5. The number of ether oxygens (including phenoxy) is 1. The second kappa shape index (κ2) is 8.05. The third-order valence-corrected chi connectivity index (χ3v) is 3.20. The zero-order valence-electron chi connectivity index (χ0n) is 13.2. The van der Waals surface area contributed by atoms with Gasteiger partial charge in [0.25, 0.3) is 0 Å². The highest BCUT2D eigenvalue weighted by Crippen LogP contribution is 2.19. The van der Waals surface area contributed by atoms with Crippen molar-refractivity contribution in [3.8, 4) is 0 Å². The van der Waals surface area contributed by atoms with Crippen LogP contribution < -0.4 is 0 Å². The monoisotopic (exact) mass is 384 g/mol. The molecular weight excluding hydrogens is 372 g/mol. The molecule has 0 radical (unpaired) electrons. The number of aliphatic hydroxyl groups is 1. The van der Waals surface area contributed by atoms with Crippen LogP contribution in [0.4, 0.5) is 0 Å². The van der Waals surface area contributed by atoms with E-state index in [1.807, 2.05) is 0 Å². The summed E-state index contributed by atoms with van der Waals surface area (Å²) in [6.07, 6.45) is -2.80. The minimum atomic E-state index is -3.07. The Labute approximate surface area is 149 Å². The minimum absolute atomic E-state index is 0.493. The molecule has 0 saturated heterocycles. The van der Waals surface area contributed by atoms with E-state index in [4.69, 9.17) is 20.4 Å². The zero-order chi connectivity index (χ0) is 20.9. The highest BCUT2D eigenvalue weighted by atomic mass is 16.6. The van der Waals surface area contributed by atoms with Crippen molar-refractivity contribution in [2.24, 2.45) is 0 Å². The molecule has 1 unspecified atom stereocenters. The van der Waals surface area contributed by atoms with Crippen molar-refractivity contribution in [1.29, 1.82) is 0 Å². The van der Waals surface area contributed by atoms with Crippen LogP contribution in [0.5, 0.6) is 0 Å². The molecule has 0 spiro atoms. The first kappa shape index (κ1) is 21.2. The highest BCUT2D eigenvalue weighted by molar-refractivity contribution is 6.07. The van der Waals surface area contributed by atoms with Crippen molar-refractivity contribution in [2.45, 2.75) is 18.4 Å². The first-order valence-electron chi connectivity index (χ1n) is 6.90. The fourth-order valence-corrected chi connectivity index (χ4v) is 1.93. The summed E-state index contributed by atoms with van der Waals surface area (Å²) in [6, 6.07) is 2.30. The smallest absolute Gasteiger partial charge is 0.346 e. The van der Waals surface area contributed by atoms with Gasteiger partial charge >= 0.3 is 35.8 Å².